The molecule has 0 spiro atoms. The molecular weight excluding hydrogens is 466 g/mol. The lowest BCUT2D eigenvalue weighted by Gasteiger charge is -2.15. The Morgan fingerprint density at radius 3 is 2.71 bits per heavy atom. The molecule has 0 bridgehead atoms. The van der Waals surface area contributed by atoms with Gasteiger partial charge in [0.25, 0.3) is 5.56 Å². The Labute approximate surface area is 204 Å². The third-order valence-electron chi connectivity index (χ3n) is 6.36. The molecule has 0 radical (unpaired) electrons. The number of hydrogen-bond acceptors (Lipinski definition) is 6. The quantitative estimate of drug-likeness (QED) is 0.393. The number of nitrogens with one attached hydrogen (secondary N) is 1. The zero-order valence-electron chi connectivity index (χ0n) is 18.5. The van der Waals surface area contributed by atoms with E-state index in [0.717, 1.165) is 58.0 Å². The molecule has 1 aliphatic heterocycles. The van der Waals surface area contributed by atoms with Gasteiger partial charge in [-0.05, 0) is 64.2 Å². The summed E-state index contributed by atoms with van der Waals surface area (Å²) >= 11 is 6.29. The molecule has 0 amide bonds. The minimum atomic E-state index is -0.171. The summed E-state index contributed by atoms with van der Waals surface area (Å²) in [5.74, 6) is 0.747. The molecule has 35 heavy (non-hydrogen) atoms. The first-order valence-electron chi connectivity index (χ1n) is 11.1. The molecule has 6 rings (SSSR count). The molecule has 1 atom stereocenters. The van der Waals surface area contributed by atoms with Crippen LogP contribution in [0.1, 0.15) is 29.5 Å². The molecule has 5 aromatic rings. The number of fused-ring (bicyclic) bond motifs is 1. The van der Waals surface area contributed by atoms with Gasteiger partial charge in [0.15, 0.2) is 0 Å². The summed E-state index contributed by atoms with van der Waals surface area (Å²) in [6.07, 6.45) is 4.81. The topological polar surface area (TPSA) is 115 Å². The van der Waals surface area contributed by atoms with Crippen LogP contribution in [0.25, 0.3) is 28.1 Å². The van der Waals surface area contributed by atoms with Crippen molar-refractivity contribution in [2.75, 3.05) is 0 Å². The number of aliphatic hydroxyl groups is 1. The summed E-state index contributed by atoms with van der Waals surface area (Å²) in [6, 6.07) is 16.5. The fourth-order valence-electron chi connectivity index (χ4n) is 4.66. The highest BCUT2D eigenvalue weighted by Crippen LogP contribution is 2.34. The lowest BCUT2D eigenvalue weighted by molar-refractivity contribution is 0.282. The first-order valence-corrected chi connectivity index (χ1v) is 11.5. The van der Waals surface area contributed by atoms with E-state index in [1.807, 2.05) is 47.0 Å². The van der Waals surface area contributed by atoms with E-state index in [-0.39, 0.29) is 18.2 Å². The number of rotatable bonds is 5. The molecule has 0 unspecified atom stereocenters. The second-order valence-electron chi connectivity index (χ2n) is 8.45. The van der Waals surface area contributed by atoms with Gasteiger partial charge in [0, 0.05) is 22.3 Å². The van der Waals surface area contributed by atoms with E-state index in [0.29, 0.717) is 5.02 Å². The number of hydrogen-bond donors (Lipinski definition) is 2. The smallest absolute Gasteiger partial charge is 0.252 e. The molecule has 0 aliphatic carbocycles. The Morgan fingerprint density at radius 2 is 1.94 bits per heavy atom. The second-order valence-corrected chi connectivity index (χ2v) is 8.89. The van der Waals surface area contributed by atoms with Crippen LogP contribution >= 0.6 is 11.6 Å². The van der Waals surface area contributed by atoms with Crippen molar-refractivity contribution in [3.63, 3.8) is 0 Å². The maximum absolute atomic E-state index is 13.3. The summed E-state index contributed by atoms with van der Waals surface area (Å²) in [5, 5.41) is 21.3. The van der Waals surface area contributed by atoms with E-state index in [2.05, 4.69) is 25.5 Å². The van der Waals surface area contributed by atoms with E-state index < -0.39 is 0 Å². The van der Waals surface area contributed by atoms with Crippen molar-refractivity contribution in [2.24, 2.45) is 0 Å². The van der Waals surface area contributed by atoms with Crippen molar-refractivity contribution in [3.05, 3.63) is 99.6 Å². The molecular formula is C25H20ClN7O2. The van der Waals surface area contributed by atoms with Crippen LogP contribution in [0.2, 0.25) is 5.02 Å². The summed E-state index contributed by atoms with van der Waals surface area (Å²) in [6.45, 7) is 0.00463. The highest BCUT2D eigenvalue weighted by molar-refractivity contribution is 6.31. The highest BCUT2D eigenvalue weighted by Gasteiger charge is 2.28. The molecule has 0 saturated carbocycles. The minimum absolute atomic E-state index is 0.00463. The van der Waals surface area contributed by atoms with Gasteiger partial charge in [-0.1, -0.05) is 35.9 Å². The first-order chi connectivity index (χ1) is 17.1. The predicted molar refractivity (Wildman–Crippen MR) is 130 cm³/mol. The van der Waals surface area contributed by atoms with Gasteiger partial charge in [-0.2, -0.15) is 4.68 Å². The van der Waals surface area contributed by atoms with Crippen LogP contribution in [-0.4, -0.2) is 39.8 Å². The number of aromatic nitrogens is 7. The minimum Gasteiger partial charge on any atom is -0.392 e. The van der Waals surface area contributed by atoms with Crippen LogP contribution in [0.3, 0.4) is 0 Å². The first kappa shape index (κ1) is 21.5. The normalized spacial score (nSPS) is 14.9. The van der Waals surface area contributed by atoms with Crippen molar-refractivity contribution in [2.45, 2.75) is 25.5 Å². The Hall–Kier alpha value is -4.08. The van der Waals surface area contributed by atoms with Crippen LogP contribution in [0.5, 0.6) is 0 Å². The zero-order chi connectivity index (χ0) is 23.9. The van der Waals surface area contributed by atoms with Crippen LogP contribution in [0.4, 0.5) is 0 Å². The lowest BCUT2D eigenvalue weighted by Crippen LogP contribution is -2.23. The predicted octanol–water partition coefficient (Wildman–Crippen LogP) is 3.56. The van der Waals surface area contributed by atoms with Crippen molar-refractivity contribution in [1.82, 2.24) is 34.7 Å². The number of nitrogens with zero attached hydrogens (tertiary/aromatic N) is 6. The van der Waals surface area contributed by atoms with Gasteiger partial charge in [0.2, 0.25) is 0 Å². The van der Waals surface area contributed by atoms with Gasteiger partial charge in [0.05, 0.1) is 30.2 Å². The number of pyridine rings is 1. The number of aryl methyl sites for hydroxylation is 1. The second kappa shape index (κ2) is 8.61. The number of halogens is 1. The lowest BCUT2D eigenvalue weighted by atomic mass is 10.0. The molecule has 1 aliphatic rings. The molecule has 2 N–H and O–H groups in total. The zero-order valence-corrected chi connectivity index (χ0v) is 19.2. The Bertz CT molecular complexity index is 1570. The van der Waals surface area contributed by atoms with Crippen LogP contribution in [-0.2, 0) is 13.0 Å². The maximum Gasteiger partial charge on any atom is 0.252 e. The number of benzene rings is 2. The maximum atomic E-state index is 13.3. The molecule has 10 heteroatoms. The van der Waals surface area contributed by atoms with E-state index >= 15 is 0 Å². The number of H-pyrrole nitrogens is 1. The third kappa shape index (κ3) is 3.84. The molecule has 174 valence electrons. The summed E-state index contributed by atoms with van der Waals surface area (Å²) in [7, 11) is 0. The van der Waals surface area contributed by atoms with E-state index in [1.54, 1.807) is 23.0 Å². The average molecular weight is 486 g/mol. The fourth-order valence-corrected chi connectivity index (χ4v) is 4.83. The molecule has 2 aromatic carbocycles. The number of imidazole rings is 1. The summed E-state index contributed by atoms with van der Waals surface area (Å²) in [4.78, 5) is 21.3. The fraction of sp³-hybridized carbons (Fsp3) is 0.160. The SMILES string of the molecule is O=c1cc(-c2cc(Cl)ccc2-n2cnnn2)cc2n1[C@H](c1ncc(-c3ccc(CO)cc3)[nH]1)CC2. The number of tetrazole rings is 1. The van der Waals surface area contributed by atoms with Crippen molar-refractivity contribution >= 4 is 11.6 Å². The van der Waals surface area contributed by atoms with Gasteiger partial charge in [0.1, 0.15) is 12.2 Å². The van der Waals surface area contributed by atoms with E-state index in [4.69, 9.17) is 11.6 Å². The Balaban J connectivity index is 1.37. The summed E-state index contributed by atoms with van der Waals surface area (Å²) in [5.41, 5.74) is 5.80. The number of aliphatic hydroxyl groups excluding tert-OH is 1. The van der Waals surface area contributed by atoms with Gasteiger partial charge in [-0.15, -0.1) is 5.10 Å². The van der Waals surface area contributed by atoms with Gasteiger partial charge < -0.3 is 14.7 Å². The van der Waals surface area contributed by atoms with Crippen LogP contribution in [0, 0.1) is 0 Å². The summed E-state index contributed by atoms with van der Waals surface area (Å²) < 4.78 is 3.36. The Kier molecular flexibility index (Phi) is 5.28. The molecule has 0 fully saturated rings. The van der Waals surface area contributed by atoms with Gasteiger partial charge in [-0.25, -0.2) is 4.98 Å². The van der Waals surface area contributed by atoms with Crippen molar-refractivity contribution in [3.8, 4) is 28.1 Å². The monoisotopic (exact) mass is 485 g/mol. The molecule has 3 aromatic heterocycles. The highest BCUT2D eigenvalue weighted by atomic mass is 35.5. The third-order valence-corrected chi connectivity index (χ3v) is 6.59. The van der Waals surface area contributed by atoms with Crippen molar-refractivity contribution < 1.29 is 5.11 Å². The molecule has 4 heterocycles. The largest absolute Gasteiger partial charge is 0.392 e. The van der Waals surface area contributed by atoms with E-state index in [1.165, 1.54) is 6.33 Å². The van der Waals surface area contributed by atoms with E-state index in [9.17, 15) is 9.90 Å². The standard InChI is InChI=1S/C25H20ClN7O2/c26-18-5-7-22(32-14-28-30-31-32)20(11-18)17-9-19-6-8-23(33(19)24(35)10-17)25-27-12-21(29-25)16-3-1-15(13-34)2-4-16/h1-5,7,9-12,14,23,34H,6,8,13H2,(H,27,29)/t23-/m0/s1. The molecule has 0 saturated heterocycles. The van der Waals surface area contributed by atoms with Crippen LogP contribution < -0.4 is 5.56 Å². The average Bonchev–Trinajstić information content (AvgIpc) is 3.65. The Morgan fingerprint density at radius 1 is 1.09 bits per heavy atom. The van der Waals surface area contributed by atoms with Gasteiger partial charge in [-0.3, -0.25) is 4.79 Å². The molecule has 9 nitrogen and oxygen atoms in total. The number of aromatic amines is 1. The van der Waals surface area contributed by atoms with Crippen molar-refractivity contribution in [1.29, 1.82) is 0 Å². The van der Waals surface area contributed by atoms with Gasteiger partial charge >= 0.3 is 0 Å². The van der Waals surface area contributed by atoms with Crippen LogP contribution in [0.15, 0.2) is 71.9 Å².